The molecule has 2 aliphatic carbocycles. The number of rotatable bonds is 10. The molecule has 1 amide bonds. The number of aromatic nitrogens is 2. The molecule has 1 aromatic heterocycles. The lowest BCUT2D eigenvalue weighted by Crippen LogP contribution is -2.43. The molecule has 1 saturated carbocycles. The van der Waals surface area contributed by atoms with Crippen molar-refractivity contribution in [1.82, 2.24) is 15.3 Å². The summed E-state index contributed by atoms with van der Waals surface area (Å²) in [5, 5.41) is 14.6. The van der Waals surface area contributed by atoms with Gasteiger partial charge in [-0.15, -0.1) is 0 Å². The van der Waals surface area contributed by atoms with E-state index in [0.717, 1.165) is 25.7 Å². The summed E-state index contributed by atoms with van der Waals surface area (Å²) in [7, 11) is 1.46. The quantitative estimate of drug-likeness (QED) is 0.338. The number of allylic oxidation sites excluding steroid dienone is 4. The summed E-state index contributed by atoms with van der Waals surface area (Å²) >= 11 is 0. The van der Waals surface area contributed by atoms with Gasteiger partial charge >= 0.3 is 0 Å². The van der Waals surface area contributed by atoms with Gasteiger partial charge in [-0.05, 0) is 50.0 Å². The number of fused-ring (bicyclic) bond motifs is 1. The normalized spacial score (nSPS) is 19.7. The fourth-order valence-corrected chi connectivity index (χ4v) is 5.73. The number of unbranched alkanes of at least 4 members (excludes halogenated alkanes) is 1. The van der Waals surface area contributed by atoms with Gasteiger partial charge in [-0.2, -0.15) is 4.98 Å². The Morgan fingerprint density at radius 2 is 2.07 bits per heavy atom. The number of amides is 1. The maximum Gasteiger partial charge on any atom is 0.282 e. The number of Topliss-reactive ketones (excluding diaryl/α,β-unsaturated/α-hetero) is 1. The lowest BCUT2D eigenvalue weighted by Gasteiger charge is -2.33. The van der Waals surface area contributed by atoms with Crippen LogP contribution in [0.5, 0.6) is 5.75 Å². The monoisotopic (exact) mass is 596 g/mol. The third kappa shape index (κ3) is 6.64. The largest absolute Gasteiger partial charge is 0.495 e. The van der Waals surface area contributed by atoms with E-state index in [1.54, 1.807) is 53.2 Å². The van der Waals surface area contributed by atoms with Crippen LogP contribution < -0.4 is 25.2 Å². The number of methoxy groups -OCH3 is 1. The number of anilines is 4. The minimum atomic E-state index is -2.97. The van der Waals surface area contributed by atoms with Gasteiger partial charge < -0.3 is 25.4 Å². The highest BCUT2D eigenvalue weighted by Gasteiger charge is 2.40. The van der Waals surface area contributed by atoms with Crippen LogP contribution in [0.25, 0.3) is 0 Å². The van der Waals surface area contributed by atoms with Gasteiger partial charge in [0, 0.05) is 30.7 Å². The van der Waals surface area contributed by atoms with Gasteiger partial charge in [0.25, 0.3) is 11.8 Å². The van der Waals surface area contributed by atoms with Gasteiger partial charge in [0.15, 0.2) is 11.6 Å². The van der Waals surface area contributed by atoms with E-state index in [4.69, 9.17) is 14.8 Å². The first-order valence-corrected chi connectivity index (χ1v) is 14.8. The average molecular weight is 597 g/mol. The molecule has 1 aliphatic heterocycles. The number of aliphatic hydroxyl groups is 1. The first kappa shape index (κ1) is 30.4. The Morgan fingerprint density at radius 3 is 2.81 bits per heavy atom. The van der Waals surface area contributed by atoms with Crippen molar-refractivity contribution in [2.45, 2.75) is 57.4 Å². The van der Waals surface area contributed by atoms with Gasteiger partial charge in [0.05, 0.1) is 43.5 Å². The molecule has 1 unspecified atom stereocenters. The number of hydrogen-bond donors (Lipinski definition) is 3. The van der Waals surface area contributed by atoms with Crippen LogP contribution in [0.4, 0.5) is 31.9 Å². The molecule has 1 fully saturated rings. The van der Waals surface area contributed by atoms with E-state index >= 15 is 0 Å². The standard InChI is InChI=1S/C31H38F2N6O4/c1-20-8-7-11-25(27(20)41)39(24-13-12-21(16-26(24)43-2)29(42)34-14-5-6-15-40)30-35-17-23-28(37-30)38(22-9-3-4-10-22)19-31(32,33)18-36-23/h7-8,11-13,16-17,20,22,36,40H,3-6,9-10,14-15,18-19H2,1-2H3,(H,34,42). The third-order valence-corrected chi connectivity index (χ3v) is 8.05. The number of hydrogen-bond acceptors (Lipinski definition) is 9. The maximum atomic E-state index is 14.9. The van der Waals surface area contributed by atoms with Crippen molar-refractivity contribution in [2.24, 2.45) is 5.92 Å². The zero-order valence-electron chi connectivity index (χ0n) is 24.5. The van der Waals surface area contributed by atoms with Crippen LogP contribution in [0, 0.1) is 5.92 Å². The van der Waals surface area contributed by atoms with E-state index < -0.39 is 24.9 Å². The molecule has 0 radical (unpaired) electrons. The van der Waals surface area contributed by atoms with Crippen molar-refractivity contribution in [1.29, 1.82) is 0 Å². The SMILES string of the molecule is COc1cc(C(=O)NCCCCO)ccc1N(C1=CC=CC(C)C1=O)c1ncc2c(n1)N(C1CCCC1)CC(F)(F)CN2. The zero-order valence-corrected chi connectivity index (χ0v) is 24.5. The molecule has 2 heterocycles. The highest BCUT2D eigenvalue weighted by molar-refractivity contribution is 6.05. The topological polar surface area (TPSA) is 120 Å². The van der Waals surface area contributed by atoms with Crippen molar-refractivity contribution in [3.8, 4) is 5.75 Å². The van der Waals surface area contributed by atoms with Crippen molar-refractivity contribution < 1.29 is 28.2 Å². The molecule has 2 aromatic rings. The lowest BCUT2D eigenvalue weighted by molar-refractivity contribution is -0.117. The van der Waals surface area contributed by atoms with Gasteiger partial charge in [0.1, 0.15) is 5.75 Å². The molecule has 3 aliphatic rings. The van der Waals surface area contributed by atoms with Gasteiger partial charge in [-0.1, -0.05) is 31.9 Å². The van der Waals surface area contributed by atoms with Gasteiger partial charge in [-0.25, -0.2) is 13.8 Å². The van der Waals surface area contributed by atoms with Crippen molar-refractivity contribution >= 4 is 34.8 Å². The predicted octanol–water partition coefficient (Wildman–Crippen LogP) is 4.59. The van der Waals surface area contributed by atoms with Crippen LogP contribution >= 0.6 is 0 Å². The molecule has 230 valence electrons. The molecule has 12 heteroatoms. The summed E-state index contributed by atoms with van der Waals surface area (Å²) in [5.41, 5.74) is 1.46. The second kappa shape index (κ2) is 13.1. The zero-order chi connectivity index (χ0) is 30.6. The number of benzene rings is 1. The fourth-order valence-electron chi connectivity index (χ4n) is 5.73. The number of carbonyl (C=O) groups excluding carboxylic acids is 2. The number of nitrogens with zero attached hydrogens (tertiary/aromatic N) is 4. The third-order valence-electron chi connectivity index (χ3n) is 8.05. The predicted molar refractivity (Wildman–Crippen MR) is 160 cm³/mol. The van der Waals surface area contributed by atoms with Crippen molar-refractivity contribution in [3.05, 3.63) is 53.9 Å². The van der Waals surface area contributed by atoms with Crippen LogP contribution in [-0.2, 0) is 4.79 Å². The lowest BCUT2D eigenvalue weighted by atomic mass is 9.97. The Bertz CT molecular complexity index is 1410. The van der Waals surface area contributed by atoms with E-state index in [-0.39, 0.29) is 36.0 Å². The number of alkyl halides is 2. The number of carbonyl (C=O) groups is 2. The number of nitrogens with one attached hydrogen (secondary N) is 2. The van der Waals surface area contributed by atoms with Gasteiger partial charge in [0.2, 0.25) is 5.95 Å². The van der Waals surface area contributed by atoms with E-state index in [1.165, 1.54) is 13.3 Å². The van der Waals surface area contributed by atoms with E-state index in [0.29, 0.717) is 47.9 Å². The summed E-state index contributed by atoms with van der Waals surface area (Å²) in [6, 6.07) is 4.78. The van der Waals surface area contributed by atoms with E-state index in [9.17, 15) is 18.4 Å². The first-order valence-electron chi connectivity index (χ1n) is 14.8. The maximum absolute atomic E-state index is 14.9. The average Bonchev–Trinajstić information content (AvgIpc) is 3.50. The fraction of sp³-hybridized carbons (Fsp3) is 0.484. The Balaban J connectivity index is 1.58. The van der Waals surface area contributed by atoms with E-state index in [1.807, 2.05) is 0 Å². The molecule has 43 heavy (non-hydrogen) atoms. The molecule has 10 nitrogen and oxygen atoms in total. The summed E-state index contributed by atoms with van der Waals surface area (Å²) in [4.78, 5) is 39.0. The molecular formula is C31H38F2N6O4. The first-order chi connectivity index (χ1) is 20.7. The van der Waals surface area contributed by atoms with Crippen LogP contribution in [-0.4, -0.2) is 72.1 Å². The molecule has 3 N–H and O–H groups in total. The van der Waals surface area contributed by atoms with E-state index in [2.05, 4.69) is 15.6 Å². The van der Waals surface area contributed by atoms with Crippen molar-refractivity contribution in [2.75, 3.05) is 48.5 Å². The molecular weight excluding hydrogens is 558 g/mol. The van der Waals surface area contributed by atoms with Crippen LogP contribution in [0.3, 0.4) is 0 Å². The summed E-state index contributed by atoms with van der Waals surface area (Å²) < 4.78 is 35.5. The van der Waals surface area contributed by atoms with Crippen LogP contribution in [0.2, 0.25) is 0 Å². The number of halogens is 2. The molecule has 0 spiro atoms. The number of aliphatic hydroxyl groups excluding tert-OH is 1. The summed E-state index contributed by atoms with van der Waals surface area (Å²) in [6.07, 6.45) is 11.5. The minimum Gasteiger partial charge on any atom is -0.495 e. The molecule has 0 saturated heterocycles. The van der Waals surface area contributed by atoms with Crippen molar-refractivity contribution in [3.63, 3.8) is 0 Å². The highest BCUT2D eigenvalue weighted by Crippen LogP contribution is 2.41. The Hall–Kier alpha value is -4.06. The Labute approximate surface area is 249 Å². The summed E-state index contributed by atoms with van der Waals surface area (Å²) in [6.45, 7) is 1.25. The Morgan fingerprint density at radius 1 is 1.28 bits per heavy atom. The number of ketones is 1. The Kier molecular flexibility index (Phi) is 9.24. The smallest absolute Gasteiger partial charge is 0.282 e. The summed E-state index contributed by atoms with van der Waals surface area (Å²) in [5.74, 6) is -3.07. The minimum absolute atomic E-state index is 0.0538. The number of ether oxygens (including phenoxy) is 1. The molecule has 1 aromatic carbocycles. The van der Waals surface area contributed by atoms with Gasteiger partial charge in [-0.3, -0.25) is 14.5 Å². The molecule has 1 atom stereocenters. The van der Waals surface area contributed by atoms with Crippen LogP contribution in [0.1, 0.15) is 55.8 Å². The second-order valence-electron chi connectivity index (χ2n) is 11.2. The highest BCUT2D eigenvalue weighted by atomic mass is 19.3. The second-order valence-corrected chi connectivity index (χ2v) is 11.2. The van der Waals surface area contributed by atoms with Crippen LogP contribution in [0.15, 0.2) is 48.3 Å². The molecule has 5 rings (SSSR count). The molecule has 0 bridgehead atoms.